The summed E-state index contributed by atoms with van der Waals surface area (Å²) in [5.74, 6) is -1.33. The van der Waals surface area contributed by atoms with E-state index < -0.39 is 31.0 Å². The Morgan fingerprint density at radius 2 is 2.04 bits per heavy atom. The Balaban J connectivity index is 1.95. The highest BCUT2D eigenvalue weighted by Crippen LogP contribution is 2.30. The van der Waals surface area contributed by atoms with Crippen LogP contribution in [0.5, 0.6) is 0 Å². The molecule has 2 aromatic rings. The maximum absolute atomic E-state index is 13.7. The van der Waals surface area contributed by atoms with Gasteiger partial charge < -0.3 is 10.6 Å². The standard InChI is InChI=1S/C12H9BrF4N4OS/c13-6-1-2-8(14)7(3-6)10-20-21-11(23-10)18-4-9(22)19-5-12(15,16)17/h1-3H,4-5H2,(H,18,21)(H,19,22). The molecule has 0 fully saturated rings. The maximum Gasteiger partial charge on any atom is 0.405 e. The second kappa shape index (κ2) is 7.21. The van der Waals surface area contributed by atoms with E-state index >= 15 is 0 Å². The fraction of sp³-hybridized carbons (Fsp3) is 0.250. The smallest absolute Gasteiger partial charge is 0.351 e. The summed E-state index contributed by atoms with van der Waals surface area (Å²) in [5, 5.41) is 12.2. The summed E-state index contributed by atoms with van der Waals surface area (Å²) in [7, 11) is 0. The zero-order valence-electron chi connectivity index (χ0n) is 11.2. The predicted molar refractivity (Wildman–Crippen MR) is 80.6 cm³/mol. The number of aromatic nitrogens is 2. The Bertz CT molecular complexity index is 707. The quantitative estimate of drug-likeness (QED) is 0.740. The van der Waals surface area contributed by atoms with Gasteiger partial charge in [0.2, 0.25) is 11.0 Å². The summed E-state index contributed by atoms with van der Waals surface area (Å²) in [6, 6.07) is 4.32. The Hall–Kier alpha value is -1.75. The van der Waals surface area contributed by atoms with Crippen LogP contribution < -0.4 is 10.6 Å². The second-order valence-electron chi connectivity index (χ2n) is 4.28. The zero-order chi connectivity index (χ0) is 17.0. The summed E-state index contributed by atoms with van der Waals surface area (Å²) in [6.07, 6.45) is -4.47. The number of carbonyl (C=O) groups excluding carboxylic acids is 1. The van der Waals surface area contributed by atoms with E-state index in [1.165, 1.54) is 18.2 Å². The monoisotopic (exact) mass is 412 g/mol. The lowest BCUT2D eigenvalue weighted by molar-refractivity contribution is -0.137. The summed E-state index contributed by atoms with van der Waals surface area (Å²) in [5.41, 5.74) is 0.228. The third-order valence-corrected chi connectivity index (χ3v) is 3.88. The van der Waals surface area contributed by atoms with Gasteiger partial charge in [0.25, 0.3) is 0 Å². The van der Waals surface area contributed by atoms with Gasteiger partial charge in [-0.25, -0.2) is 4.39 Å². The highest BCUT2D eigenvalue weighted by Gasteiger charge is 2.27. The van der Waals surface area contributed by atoms with E-state index in [0.717, 1.165) is 11.3 Å². The first-order valence-electron chi connectivity index (χ1n) is 6.11. The van der Waals surface area contributed by atoms with Gasteiger partial charge in [0.15, 0.2) is 5.01 Å². The van der Waals surface area contributed by atoms with Crippen LogP contribution in [0.2, 0.25) is 0 Å². The molecule has 5 nitrogen and oxygen atoms in total. The Kier molecular flexibility index (Phi) is 5.52. The Labute approximate surface area is 140 Å². The van der Waals surface area contributed by atoms with Crippen LogP contribution in [-0.2, 0) is 4.79 Å². The Morgan fingerprint density at radius 3 is 2.74 bits per heavy atom. The van der Waals surface area contributed by atoms with Gasteiger partial charge in [0, 0.05) is 10.0 Å². The molecule has 1 aromatic heterocycles. The minimum atomic E-state index is -4.47. The molecular weight excluding hydrogens is 404 g/mol. The molecule has 0 unspecified atom stereocenters. The first-order chi connectivity index (χ1) is 10.7. The van der Waals surface area contributed by atoms with Crippen molar-refractivity contribution < 1.29 is 22.4 Å². The third-order valence-electron chi connectivity index (χ3n) is 2.47. The average Bonchev–Trinajstić information content (AvgIpc) is 2.93. The number of alkyl halides is 3. The molecule has 0 spiro atoms. The van der Waals surface area contributed by atoms with Crippen molar-refractivity contribution in [3.8, 4) is 10.6 Å². The number of rotatable bonds is 5. The molecule has 1 amide bonds. The van der Waals surface area contributed by atoms with Crippen molar-refractivity contribution in [3.05, 3.63) is 28.5 Å². The number of nitrogens with one attached hydrogen (secondary N) is 2. The molecule has 0 atom stereocenters. The number of carbonyl (C=O) groups is 1. The van der Waals surface area contributed by atoms with Crippen LogP contribution in [-0.4, -0.2) is 35.4 Å². The van der Waals surface area contributed by atoms with Crippen molar-refractivity contribution in [1.29, 1.82) is 0 Å². The number of halogens is 5. The molecule has 0 radical (unpaired) electrons. The lowest BCUT2D eigenvalue weighted by Gasteiger charge is -2.08. The fourth-order valence-corrected chi connectivity index (χ4v) is 2.60. The molecule has 124 valence electrons. The Morgan fingerprint density at radius 1 is 1.30 bits per heavy atom. The minimum absolute atomic E-state index is 0.196. The molecule has 2 rings (SSSR count). The van der Waals surface area contributed by atoms with Crippen molar-refractivity contribution in [2.24, 2.45) is 0 Å². The van der Waals surface area contributed by atoms with Crippen LogP contribution in [0.4, 0.5) is 22.7 Å². The molecule has 0 saturated heterocycles. The summed E-state index contributed by atoms with van der Waals surface area (Å²) < 4.78 is 50.2. The number of amides is 1. The van der Waals surface area contributed by atoms with Crippen molar-refractivity contribution >= 4 is 38.3 Å². The molecule has 11 heteroatoms. The summed E-state index contributed by atoms with van der Waals surface area (Å²) >= 11 is 4.19. The molecule has 0 aliphatic carbocycles. The van der Waals surface area contributed by atoms with E-state index in [9.17, 15) is 22.4 Å². The molecule has 0 aliphatic heterocycles. The number of benzene rings is 1. The first-order valence-corrected chi connectivity index (χ1v) is 7.72. The third kappa shape index (κ3) is 5.43. The maximum atomic E-state index is 13.7. The van der Waals surface area contributed by atoms with Gasteiger partial charge >= 0.3 is 6.18 Å². The van der Waals surface area contributed by atoms with E-state index in [-0.39, 0.29) is 15.7 Å². The zero-order valence-corrected chi connectivity index (χ0v) is 13.6. The van der Waals surface area contributed by atoms with E-state index in [4.69, 9.17) is 0 Å². The van der Waals surface area contributed by atoms with E-state index in [0.29, 0.717) is 4.47 Å². The van der Waals surface area contributed by atoms with Crippen LogP contribution in [0.3, 0.4) is 0 Å². The van der Waals surface area contributed by atoms with Gasteiger partial charge in [-0.05, 0) is 18.2 Å². The number of hydrogen-bond acceptors (Lipinski definition) is 5. The van der Waals surface area contributed by atoms with Gasteiger partial charge in [-0.15, -0.1) is 10.2 Å². The van der Waals surface area contributed by atoms with Crippen molar-refractivity contribution in [3.63, 3.8) is 0 Å². The highest BCUT2D eigenvalue weighted by molar-refractivity contribution is 9.10. The molecule has 2 N–H and O–H groups in total. The lowest BCUT2D eigenvalue weighted by atomic mass is 10.2. The van der Waals surface area contributed by atoms with E-state index in [1.54, 1.807) is 5.32 Å². The van der Waals surface area contributed by atoms with Crippen molar-refractivity contribution in [2.75, 3.05) is 18.4 Å². The fourth-order valence-electron chi connectivity index (χ4n) is 1.48. The number of nitrogens with zero attached hydrogens (tertiary/aromatic N) is 2. The van der Waals surface area contributed by atoms with Crippen LogP contribution in [0, 0.1) is 5.82 Å². The normalized spacial score (nSPS) is 11.3. The van der Waals surface area contributed by atoms with Gasteiger partial charge in [0.05, 0.1) is 6.54 Å². The number of hydrogen-bond donors (Lipinski definition) is 2. The lowest BCUT2D eigenvalue weighted by Crippen LogP contribution is -2.37. The molecule has 1 heterocycles. The SMILES string of the molecule is O=C(CNc1nnc(-c2cc(Br)ccc2F)s1)NCC(F)(F)F. The topological polar surface area (TPSA) is 66.9 Å². The molecular formula is C12H9BrF4N4OS. The average molecular weight is 413 g/mol. The minimum Gasteiger partial charge on any atom is -0.351 e. The van der Waals surface area contributed by atoms with E-state index in [1.807, 2.05) is 0 Å². The largest absolute Gasteiger partial charge is 0.405 e. The van der Waals surface area contributed by atoms with Crippen LogP contribution in [0.15, 0.2) is 22.7 Å². The number of anilines is 1. The summed E-state index contributed by atoms with van der Waals surface area (Å²) in [6.45, 7) is -1.80. The van der Waals surface area contributed by atoms with Crippen molar-refractivity contribution in [1.82, 2.24) is 15.5 Å². The molecule has 1 aromatic carbocycles. The van der Waals surface area contributed by atoms with Crippen LogP contribution in [0.25, 0.3) is 10.6 Å². The van der Waals surface area contributed by atoms with Crippen molar-refractivity contribution in [2.45, 2.75) is 6.18 Å². The predicted octanol–water partition coefficient (Wildman–Crippen LogP) is 3.20. The first kappa shape index (κ1) is 17.6. The van der Waals surface area contributed by atoms with Crippen LogP contribution >= 0.6 is 27.3 Å². The van der Waals surface area contributed by atoms with E-state index in [2.05, 4.69) is 31.4 Å². The van der Waals surface area contributed by atoms with Gasteiger partial charge in [-0.3, -0.25) is 4.79 Å². The van der Waals surface area contributed by atoms with Gasteiger partial charge in [-0.2, -0.15) is 13.2 Å². The van der Waals surface area contributed by atoms with Gasteiger partial charge in [-0.1, -0.05) is 27.3 Å². The van der Waals surface area contributed by atoms with Crippen LogP contribution in [0.1, 0.15) is 0 Å². The summed E-state index contributed by atoms with van der Waals surface area (Å²) in [4.78, 5) is 11.3. The highest BCUT2D eigenvalue weighted by atomic mass is 79.9. The molecule has 0 saturated carbocycles. The second-order valence-corrected chi connectivity index (χ2v) is 6.18. The molecule has 0 bridgehead atoms. The molecule has 23 heavy (non-hydrogen) atoms. The van der Waals surface area contributed by atoms with Gasteiger partial charge in [0.1, 0.15) is 12.4 Å². The molecule has 0 aliphatic rings.